The lowest BCUT2D eigenvalue weighted by atomic mass is 10.0. The molecule has 1 aliphatic rings. The van der Waals surface area contributed by atoms with Crippen molar-refractivity contribution < 1.29 is 0 Å². The van der Waals surface area contributed by atoms with Gasteiger partial charge >= 0.3 is 0 Å². The third kappa shape index (κ3) is 5.70. The van der Waals surface area contributed by atoms with Gasteiger partial charge in [-0.3, -0.25) is 9.47 Å². The quantitative estimate of drug-likeness (QED) is 0.289. The van der Waals surface area contributed by atoms with Crippen LogP contribution in [0.3, 0.4) is 0 Å². The Morgan fingerprint density at radius 3 is 2.31 bits per heavy atom. The molecule has 1 saturated heterocycles. The van der Waals surface area contributed by atoms with E-state index in [-0.39, 0.29) is 0 Å². The summed E-state index contributed by atoms with van der Waals surface area (Å²) < 4.78 is 2.09. The lowest BCUT2D eigenvalue weighted by molar-refractivity contribution is 0.194. The number of nitrogens with zero attached hydrogens (tertiary/aromatic N) is 5. The topological polar surface area (TPSA) is 84.9 Å². The molecule has 0 unspecified atom stereocenters. The van der Waals surface area contributed by atoms with Gasteiger partial charge in [0.2, 0.25) is 0 Å². The Morgan fingerprint density at radius 2 is 1.62 bits per heavy atom. The summed E-state index contributed by atoms with van der Waals surface area (Å²) in [5, 5.41) is 3.41. The minimum absolute atomic E-state index is 0.448. The third-order valence-corrected chi connectivity index (χ3v) is 7.25. The van der Waals surface area contributed by atoms with Crippen LogP contribution in [0.1, 0.15) is 32.3 Å². The van der Waals surface area contributed by atoms with E-state index in [9.17, 15) is 0 Å². The van der Waals surface area contributed by atoms with E-state index >= 15 is 0 Å². The summed E-state index contributed by atoms with van der Waals surface area (Å²) in [7, 11) is 2.06. The molecule has 2 aromatic carbocycles. The number of pyridine rings is 2. The van der Waals surface area contributed by atoms with Crippen molar-refractivity contribution in [2.45, 2.75) is 39.3 Å². The van der Waals surface area contributed by atoms with Gasteiger partial charge in [-0.1, -0.05) is 56.3 Å². The summed E-state index contributed by atoms with van der Waals surface area (Å²) in [6.07, 6.45) is 4.09. The van der Waals surface area contributed by atoms with Gasteiger partial charge in [0.05, 0.1) is 11.3 Å². The predicted octanol–water partition coefficient (Wildman–Crippen LogP) is 5.94. The summed E-state index contributed by atoms with van der Waals surface area (Å²) in [6, 6.07) is 27.5. The van der Waals surface area contributed by atoms with Crippen molar-refractivity contribution in [3.8, 4) is 28.3 Å². The number of nitrogens with one attached hydrogen (secondary N) is 1. The maximum atomic E-state index is 6.30. The van der Waals surface area contributed by atoms with Crippen LogP contribution in [0.25, 0.3) is 39.5 Å². The average molecular weight is 520 g/mol. The maximum absolute atomic E-state index is 6.30. The number of nitrogens with two attached hydrogens (primary N) is 1. The monoisotopic (exact) mass is 519 g/mol. The smallest absolute Gasteiger partial charge is 0.165 e. The van der Waals surface area contributed by atoms with Gasteiger partial charge in [0, 0.05) is 30.0 Å². The number of fused-ring (bicyclic) bond motifs is 1. The first kappa shape index (κ1) is 26.5. The van der Waals surface area contributed by atoms with Crippen molar-refractivity contribution in [2.24, 2.45) is 0 Å². The van der Waals surface area contributed by atoms with E-state index in [1.54, 1.807) is 6.20 Å². The molecule has 0 bridgehead atoms. The molecule has 3 aromatic heterocycles. The van der Waals surface area contributed by atoms with Gasteiger partial charge in [-0.25, -0.2) is 15.0 Å². The lowest BCUT2D eigenvalue weighted by Crippen LogP contribution is -2.40. The number of nitrogen functional groups attached to an aromatic ring is 1. The SMILES string of the molecule is CC.CNC1CCN(Cc2ccc(-n3c(-c4cccnc4N)nc4ccc(-c5ccccc5)nc43)cc2)CC1. The summed E-state index contributed by atoms with van der Waals surface area (Å²) >= 11 is 0. The van der Waals surface area contributed by atoms with Crippen LogP contribution in [0.2, 0.25) is 0 Å². The maximum Gasteiger partial charge on any atom is 0.165 e. The van der Waals surface area contributed by atoms with Crippen molar-refractivity contribution in [1.82, 2.24) is 29.7 Å². The first-order chi connectivity index (χ1) is 19.2. The minimum atomic E-state index is 0.448. The van der Waals surface area contributed by atoms with Gasteiger partial charge in [-0.2, -0.15) is 0 Å². The van der Waals surface area contributed by atoms with E-state index in [1.807, 2.05) is 56.3 Å². The molecular formula is C32H37N7. The number of piperidine rings is 1. The highest BCUT2D eigenvalue weighted by Crippen LogP contribution is 2.32. The predicted molar refractivity (Wildman–Crippen MR) is 161 cm³/mol. The molecule has 0 saturated carbocycles. The zero-order valence-electron chi connectivity index (χ0n) is 23.0. The first-order valence-electron chi connectivity index (χ1n) is 13.8. The second kappa shape index (κ2) is 12.2. The number of hydrogen-bond donors (Lipinski definition) is 2. The van der Waals surface area contributed by atoms with E-state index in [1.165, 1.54) is 18.4 Å². The van der Waals surface area contributed by atoms with Gasteiger partial charge in [0.25, 0.3) is 0 Å². The van der Waals surface area contributed by atoms with E-state index in [0.29, 0.717) is 11.9 Å². The third-order valence-electron chi connectivity index (χ3n) is 7.25. The summed E-state index contributed by atoms with van der Waals surface area (Å²) in [5.74, 6) is 1.18. The molecular weight excluding hydrogens is 482 g/mol. The Morgan fingerprint density at radius 1 is 0.872 bits per heavy atom. The Labute approximate surface area is 230 Å². The second-order valence-electron chi connectivity index (χ2n) is 9.62. The molecule has 7 heteroatoms. The number of benzene rings is 2. The Balaban J connectivity index is 0.00000151. The highest BCUT2D eigenvalue weighted by molar-refractivity contribution is 5.84. The summed E-state index contributed by atoms with van der Waals surface area (Å²) in [4.78, 5) is 16.8. The highest BCUT2D eigenvalue weighted by atomic mass is 15.1. The molecule has 39 heavy (non-hydrogen) atoms. The van der Waals surface area contributed by atoms with Crippen molar-refractivity contribution in [3.05, 3.63) is 90.6 Å². The molecule has 6 rings (SSSR count). The van der Waals surface area contributed by atoms with Crippen LogP contribution in [0.5, 0.6) is 0 Å². The fourth-order valence-electron chi connectivity index (χ4n) is 5.15. The largest absolute Gasteiger partial charge is 0.383 e. The van der Waals surface area contributed by atoms with Crippen LogP contribution >= 0.6 is 0 Å². The van der Waals surface area contributed by atoms with Crippen LogP contribution in [0.4, 0.5) is 5.82 Å². The van der Waals surface area contributed by atoms with Gasteiger partial charge < -0.3 is 11.1 Å². The van der Waals surface area contributed by atoms with Crippen molar-refractivity contribution in [2.75, 3.05) is 25.9 Å². The van der Waals surface area contributed by atoms with E-state index in [2.05, 4.69) is 63.2 Å². The van der Waals surface area contributed by atoms with Crippen LogP contribution in [-0.4, -0.2) is 50.6 Å². The number of rotatable bonds is 6. The molecule has 0 atom stereocenters. The first-order valence-corrected chi connectivity index (χ1v) is 13.8. The Bertz CT molecular complexity index is 1500. The van der Waals surface area contributed by atoms with Crippen LogP contribution in [-0.2, 0) is 6.54 Å². The number of anilines is 1. The molecule has 0 spiro atoms. The molecule has 3 N–H and O–H groups in total. The molecule has 0 aliphatic carbocycles. The van der Waals surface area contributed by atoms with Crippen LogP contribution in [0.15, 0.2) is 85.1 Å². The zero-order chi connectivity index (χ0) is 27.2. The molecule has 1 aliphatic heterocycles. The van der Waals surface area contributed by atoms with Crippen molar-refractivity contribution >= 4 is 17.0 Å². The number of imidazole rings is 1. The fourth-order valence-corrected chi connectivity index (χ4v) is 5.15. The Kier molecular flexibility index (Phi) is 8.30. The molecule has 1 fully saturated rings. The number of hydrogen-bond acceptors (Lipinski definition) is 6. The molecule has 0 radical (unpaired) electrons. The molecule has 5 aromatic rings. The summed E-state index contributed by atoms with van der Waals surface area (Å²) in [5.41, 5.74) is 13.0. The van der Waals surface area contributed by atoms with Gasteiger partial charge in [-0.15, -0.1) is 0 Å². The minimum Gasteiger partial charge on any atom is -0.383 e. The van der Waals surface area contributed by atoms with Crippen molar-refractivity contribution in [3.63, 3.8) is 0 Å². The fraction of sp³-hybridized carbons (Fsp3) is 0.281. The highest BCUT2D eigenvalue weighted by Gasteiger charge is 2.20. The van der Waals surface area contributed by atoms with Crippen LogP contribution < -0.4 is 11.1 Å². The van der Waals surface area contributed by atoms with E-state index in [0.717, 1.165) is 59.1 Å². The molecule has 0 amide bonds. The summed E-state index contributed by atoms with van der Waals surface area (Å²) in [6.45, 7) is 7.20. The van der Waals surface area contributed by atoms with Crippen LogP contribution in [0, 0.1) is 0 Å². The molecule has 7 nitrogen and oxygen atoms in total. The lowest BCUT2D eigenvalue weighted by Gasteiger charge is -2.31. The molecule has 4 heterocycles. The van der Waals surface area contributed by atoms with Crippen molar-refractivity contribution in [1.29, 1.82) is 0 Å². The molecule has 200 valence electrons. The van der Waals surface area contributed by atoms with E-state index < -0.39 is 0 Å². The second-order valence-corrected chi connectivity index (χ2v) is 9.62. The standard InChI is InChI=1S/C30H31N7.C2H6/c1-32-23-15-18-36(19-16-23)20-21-9-11-24(12-10-21)37-29(25-8-5-17-33-28(25)31)35-27-14-13-26(34-30(27)37)22-6-3-2-4-7-22;1-2/h2-14,17,23,32H,15-16,18-20H2,1H3,(H2,31,33);1-2H3. The Hall–Kier alpha value is -4.07. The van der Waals surface area contributed by atoms with Gasteiger partial charge in [0.15, 0.2) is 11.5 Å². The number of likely N-dealkylation sites (tertiary alicyclic amines) is 1. The number of aromatic nitrogens is 4. The average Bonchev–Trinajstić information content (AvgIpc) is 3.38. The normalized spacial score (nSPS) is 14.2. The van der Waals surface area contributed by atoms with Gasteiger partial charge in [-0.05, 0) is 74.9 Å². The van der Waals surface area contributed by atoms with Gasteiger partial charge in [0.1, 0.15) is 11.3 Å². The zero-order valence-corrected chi connectivity index (χ0v) is 23.0. The van der Waals surface area contributed by atoms with E-state index in [4.69, 9.17) is 15.7 Å².